The first-order chi connectivity index (χ1) is 8.83. The van der Waals surface area contributed by atoms with E-state index in [9.17, 15) is 0 Å². The van der Waals surface area contributed by atoms with E-state index in [0.29, 0.717) is 0 Å². The number of rotatable bonds is 4. The van der Waals surface area contributed by atoms with Gasteiger partial charge in [0.05, 0.1) is 0 Å². The zero-order valence-corrected chi connectivity index (χ0v) is 12.6. The molecule has 0 heterocycles. The average molecular weight is 348 g/mol. The van der Waals surface area contributed by atoms with Crippen LogP contribution in [0.1, 0.15) is 35.4 Å². The van der Waals surface area contributed by atoms with Crippen LogP contribution in [0, 0.1) is 3.57 Å². The molecule has 18 heavy (non-hydrogen) atoms. The Balaban J connectivity index is 1.64. The summed E-state index contributed by atoms with van der Waals surface area (Å²) in [6.45, 7) is 0. The molecule has 0 spiro atoms. The summed E-state index contributed by atoms with van der Waals surface area (Å²) in [4.78, 5) is 0. The van der Waals surface area contributed by atoms with Crippen LogP contribution in [0.25, 0.3) is 0 Å². The highest BCUT2D eigenvalue weighted by atomic mass is 127. The van der Waals surface area contributed by atoms with Gasteiger partial charge >= 0.3 is 0 Å². The van der Waals surface area contributed by atoms with Crippen molar-refractivity contribution in [3.63, 3.8) is 0 Å². The van der Waals surface area contributed by atoms with Crippen LogP contribution in [0.15, 0.2) is 48.5 Å². The lowest BCUT2D eigenvalue weighted by atomic mass is 10.0. The van der Waals surface area contributed by atoms with E-state index in [1.165, 1.54) is 33.1 Å². The fourth-order valence-electron chi connectivity index (χ4n) is 2.35. The third kappa shape index (κ3) is 2.94. The zero-order chi connectivity index (χ0) is 12.4. The van der Waals surface area contributed by atoms with Crippen molar-refractivity contribution in [3.05, 3.63) is 68.8 Å². The molecule has 1 heteroatoms. The van der Waals surface area contributed by atoms with E-state index in [-0.39, 0.29) is 0 Å². The number of aryl methyl sites for hydroxylation is 2. The highest BCUT2D eigenvalue weighted by molar-refractivity contribution is 14.1. The number of halogens is 1. The van der Waals surface area contributed by atoms with E-state index >= 15 is 0 Å². The minimum Gasteiger partial charge on any atom is -0.0619 e. The maximum atomic E-state index is 2.43. The lowest BCUT2D eigenvalue weighted by molar-refractivity contribution is 0.951. The molecule has 0 amide bonds. The fraction of sp³-hybridized carbons (Fsp3) is 0.294. The van der Waals surface area contributed by atoms with Gasteiger partial charge in [-0.2, -0.15) is 0 Å². The van der Waals surface area contributed by atoms with Gasteiger partial charge in [-0.05, 0) is 76.9 Å². The van der Waals surface area contributed by atoms with Crippen molar-refractivity contribution in [2.24, 2.45) is 0 Å². The van der Waals surface area contributed by atoms with Crippen molar-refractivity contribution in [2.45, 2.75) is 31.6 Å². The minimum atomic E-state index is 0.870. The van der Waals surface area contributed by atoms with Gasteiger partial charge in [0.2, 0.25) is 0 Å². The topological polar surface area (TPSA) is 0 Å². The van der Waals surface area contributed by atoms with Crippen molar-refractivity contribution in [2.75, 3.05) is 0 Å². The molecule has 0 aliphatic heterocycles. The standard InChI is InChI=1S/C17H17I/c18-17-4-2-1-3-16(17)10-7-13-5-8-14(9-6-13)15-11-12-15/h1-6,8-9,15H,7,10-12H2. The minimum absolute atomic E-state index is 0.870. The van der Waals surface area contributed by atoms with Crippen LogP contribution in [0.4, 0.5) is 0 Å². The summed E-state index contributed by atoms with van der Waals surface area (Å²) < 4.78 is 1.38. The molecule has 1 aliphatic rings. The first-order valence-corrected chi connectivity index (χ1v) is 7.73. The lowest BCUT2D eigenvalue weighted by Crippen LogP contribution is -1.94. The zero-order valence-electron chi connectivity index (χ0n) is 10.4. The van der Waals surface area contributed by atoms with Crippen LogP contribution in [0.2, 0.25) is 0 Å². The van der Waals surface area contributed by atoms with Crippen molar-refractivity contribution in [1.29, 1.82) is 0 Å². The summed E-state index contributed by atoms with van der Waals surface area (Å²) in [7, 11) is 0. The Hall–Kier alpha value is -0.830. The summed E-state index contributed by atoms with van der Waals surface area (Å²) >= 11 is 2.43. The van der Waals surface area contributed by atoms with E-state index in [4.69, 9.17) is 0 Å². The number of hydrogen-bond donors (Lipinski definition) is 0. The molecular formula is C17H17I. The molecule has 92 valence electrons. The highest BCUT2D eigenvalue weighted by Crippen LogP contribution is 2.39. The van der Waals surface area contributed by atoms with Gasteiger partial charge in [-0.15, -0.1) is 0 Å². The molecule has 0 atom stereocenters. The fourth-order valence-corrected chi connectivity index (χ4v) is 3.01. The Morgan fingerprint density at radius 3 is 2.28 bits per heavy atom. The second-order valence-electron chi connectivity index (χ2n) is 5.11. The second kappa shape index (κ2) is 5.43. The van der Waals surface area contributed by atoms with E-state index in [1.807, 2.05) is 0 Å². The summed E-state index contributed by atoms with van der Waals surface area (Å²) in [5.41, 5.74) is 4.46. The van der Waals surface area contributed by atoms with Crippen LogP contribution in [0.3, 0.4) is 0 Å². The Morgan fingerprint density at radius 1 is 0.889 bits per heavy atom. The molecule has 1 saturated carbocycles. The summed E-state index contributed by atoms with van der Waals surface area (Å²) in [5, 5.41) is 0. The Morgan fingerprint density at radius 2 is 1.61 bits per heavy atom. The molecule has 1 aliphatic carbocycles. The van der Waals surface area contributed by atoms with Gasteiger partial charge in [0.15, 0.2) is 0 Å². The molecule has 0 N–H and O–H groups in total. The van der Waals surface area contributed by atoms with Crippen molar-refractivity contribution >= 4 is 22.6 Å². The lowest BCUT2D eigenvalue weighted by Gasteiger charge is -2.05. The van der Waals surface area contributed by atoms with Crippen molar-refractivity contribution in [1.82, 2.24) is 0 Å². The SMILES string of the molecule is Ic1ccccc1CCc1ccc(C2CC2)cc1. The Labute approximate surface area is 123 Å². The van der Waals surface area contributed by atoms with Crippen LogP contribution in [-0.2, 0) is 12.8 Å². The van der Waals surface area contributed by atoms with Gasteiger partial charge in [0.25, 0.3) is 0 Å². The van der Waals surface area contributed by atoms with Crippen LogP contribution < -0.4 is 0 Å². The van der Waals surface area contributed by atoms with E-state index < -0.39 is 0 Å². The molecule has 0 unspecified atom stereocenters. The Kier molecular flexibility index (Phi) is 3.69. The molecule has 2 aromatic carbocycles. The second-order valence-corrected chi connectivity index (χ2v) is 6.27. The third-order valence-corrected chi connectivity index (χ3v) is 4.72. The normalized spacial score (nSPS) is 14.7. The third-order valence-electron chi connectivity index (χ3n) is 3.67. The summed E-state index contributed by atoms with van der Waals surface area (Å²) in [6, 6.07) is 17.9. The summed E-state index contributed by atoms with van der Waals surface area (Å²) in [6.07, 6.45) is 5.07. The first kappa shape index (κ1) is 12.2. The van der Waals surface area contributed by atoms with Crippen LogP contribution in [-0.4, -0.2) is 0 Å². The molecule has 2 aromatic rings. The molecule has 0 nitrogen and oxygen atoms in total. The largest absolute Gasteiger partial charge is 0.0619 e. The monoisotopic (exact) mass is 348 g/mol. The molecule has 0 bridgehead atoms. The Bertz CT molecular complexity index is 524. The first-order valence-electron chi connectivity index (χ1n) is 6.65. The van der Waals surface area contributed by atoms with Gasteiger partial charge in [-0.25, -0.2) is 0 Å². The predicted octanol–water partition coefficient (Wildman–Crippen LogP) is 4.95. The van der Waals surface area contributed by atoms with Gasteiger partial charge < -0.3 is 0 Å². The molecular weight excluding hydrogens is 331 g/mol. The van der Waals surface area contributed by atoms with E-state index in [2.05, 4.69) is 71.1 Å². The molecule has 0 radical (unpaired) electrons. The maximum Gasteiger partial charge on any atom is 0.0162 e. The van der Waals surface area contributed by atoms with Gasteiger partial charge in [0.1, 0.15) is 0 Å². The number of hydrogen-bond acceptors (Lipinski definition) is 0. The molecule has 3 rings (SSSR count). The van der Waals surface area contributed by atoms with E-state index in [0.717, 1.165) is 18.8 Å². The average Bonchev–Trinajstić information content (AvgIpc) is 3.23. The maximum absolute atomic E-state index is 2.43. The quantitative estimate of drug-likeness (QED) is 0.686. The highest BCUT2D eigenvalue weighted by Gasteiger charge is 2.22. The van der Waals surface area contributed by atoms with Crippen molar-refractivity contribution < 1.29 is 0 Å². The molecule has 0 saturated heterocycles. The summed E-state index contributed by atoms with van der Waals surface area (Å²) in [5.74, 6) is 0.870. The van der Waals surface area contributed by atoms with Gasteiger partial charge in [0, 0.05) is 3.57 Å². The van der Waals surface area contributed by atoms with Crippen molar-refractivity contribution in [3.8, 4) is 0 Å². The van der Waals surface area contributed by atoms with Crippen LogP contribution in [0.5, 0.6) is 0 Å². The molecule has 1 fully saturated rings. The molecule has 0 aromatic heterocycles. The van der Waals surface area contributed by atoms with Gasteiger partial charge in [-0.1, -0.05) is 42.5 Å². The van der Waals surface area contributed by atoms with Gasteiger partial charge in [-0.3, -0.25) is 0 Å². The number of benzene rings is 2. The smallest absolute Gasteiger partial charge is 0.0162 e. The van der Waals surface area contributed by atoms with E-state index in [1.54, 1.807) is 0 Å². The predicted molar refractivity (Wildman–Crippen MR) is 85.0 cm³/mol. The van der Waals surface area contributed by atoms with Crippen LogP contribution >= 0.6 is 22.6 Å².